The van der Waals surface area contributed by atoms with E-state index in [9.17, 15) is 9.90 Å². The van der Waals surface area contributed by atoms with Crippen molar-refractivity contribution in [3.05, 3.63) is 46.6 Å². The number of thiocarbonyl (C=S) groups is 1. The zero-order chi connectivity index (χ0) is 12.1. The molecule has 0 fully saturated rings. The Balaban J connectivity index is 2.87. The van der Waals surface area contributed by atoms with E-state index >= 15 is 0 Å². The van der Waals surface area contributed by atoms with E-state index in [1.165, 1.54) is 13.8 Å². The Hall–Kier alpha value is -1.13. The molecule has 0 aliphatic rings. The van der Waals surface area contributed by atoms with E-state index in [-0.39, 0.29) is 11.5 Å². The third-order valence-electron chi connectivity index (χ3n) is 1.85. The number of aliphatic hydroxyl groups excluding tert-OH is 1. The first kappa shape index (κ1) is 12.9. The van der Waals surface area contributed by atoms with E-state index < -0.39 is 0 Å². The van der Waals surface area contributed by atoms with Crippen molar-refractivity contribution in [1.29, 1.82) is 0 Å². The molecule has 2 nitrogen and oxygen atoms in total. The van der Waals surface area contributed by atoms with Crippen LogP contribution in [0.3, 0.4) is 0 Å². The molecule has 0 aromatic heterocycles. The highest BCUT2D eigenvalue weighted by Crippen LogP contribution is 2.25. The lowest BCUT2D eigenvalue weighted by Gasteiger charge is -2.06. The van der Waals surface area contributed by atoms with Crippen LogP contribution in [0.4, 0.5) is 0 Å². The number of benzene rings is 1. The standard InChI is InChI=1S/C12H12O2S2/c1-8(13)11(9(2)14)16-12(15)10-6-4-3-5-7-10/h3-7,13H,1-2H3/b11-8+. The van der Waals surface area contributed by atoms with Crippen LogP contribution in [0, 0.1) is 0 Å². The molecule has 0 bridgehead atoms. The maximum absolute atomic E-state index is 11.3. The highest BCUT2D eigenvalue weighted by Gasteiger charge is 2.12. The molecule has 0 unspecified atom stereocenters. The van der Waals surface area contributed by atoms with E-state index in [1.807, 2.05) is 30.3 Å². The van der Waals surface area contributed by atoms with Gasteiger partial charge in [-0.3, -0.25) is 4.79 Å². The number of rotatable bonds is 3. The lowest BCUT2D eigenvalue weighted by Crippen LogP contribution is -2.00. The van der Waals surface area contributed by atoms with Crippen molar-refractivity contribution in [2.75, 3.05) is 0 Å². The Morgan fingerprint density at radius 1 is 1.25 bits per heavy atom. The van der Waals surface area contributed by atoms with Gasteiger partial charge in [0.2, 0.25) is 0 Å². The van der Waals surface area contributed by atoms with Crippen LogP contribution in [0.5, 0.6) is 0 Å². The van der Waals surface area contributed by atoms with Crippen molar-refractivity contribution >= 4 is 34.0 Å². The fraction of sp³-hybridized carbons (Fsp3) is 0.167. The van der Waals surface area contributed by atoms with Crippen molar-refractivity contribution in [3.63, 3.8) is 0 Å². The second-order valence-electron chi connectivity index (χ2n) is 3.23. The number of ketones is 1. The fourth-order valence-electron chi connectivity index (χ4n) is 1.13. The van der Waals surface area contributed by atoms with Crippen LogP contribution in [0.15, 0.2) is 41.0 Å². The van der Waals surface area contributed by atoms with E-state index in [2.05, 4.69) is 0 Å². The van der Waals surface area contributed by atoms with Gasteiger partial charge in [0, 0.05) is 0 Å². The number of allylic oxidation sites excluding steroid dienone is 2. The maximum Gasteiger partial charge on any atom is 0.169 e. The second kappa shape index (κ2) is 5.82. The van der Waals surface area contributed by atoms with E-state index in [1.54, 1.807) is 0 Å². The maximum atomic E-state index is 11.3. The molecule has 0 saturated heterocycles. The highest BCUT2D eigenvalue weighted by molar-refractivity contribution is 8.26. The molecule has 16 heavy (non-hydrogen) atoms. The number of thioether (sulfide) groups is 1. The number of hydrogen-bond acceptors (Lipinski definition) is 4. The monoisotopic (exact) mass is 252 g/mol. The van der Waals surface area contributed by atoms with Crippen LogP contribution in [-0.2, 0) is 4.79 Å². The SMILES string of the molecule is CC(=O)/C(SC(=S)c1ccccc1)=C(/C)O. The summed E-state index contributed by atoms with van der Waals surface area (Å²) in [6.45, 7) is 2.90. The highest BCUT2D eigenvalue weighted by atomic mass is 32.2. The van der Waals surface area contributed by atoms with Crippen LogP contribution in [0.1, 0.15) is 19.4 Å². The Morgan fingerprint density at radius 3 is 2.25 bits per heavy atom. The zero-order valence-electron chi connectivity index (χ0n) is 9.06. The van der Waals surface area contributed by atoms with Crippen molar-refractivity contribution in [1.82, 2.24) is 0 Å². The van der Waals surface area contributed by atoms with Crippen LogP contribution < -0.4 is 0 Å². The van der Waals surface area contributed by atoms with E-state index in [4.69, 9.17) is 12.2 Å². The van der Waals surface area contributed by atoms with Crippen LogP contribution in [0.25, 0.3) is 0 Å². The smallest absolute Gasteiger partial charge is 0.169 e. The second-order valence-corrected chi connectivity index (χ2v) is 4.91. The summed E-state index contributed by atoms with van der Waals surface area (Å²) in [6, 6.07) is 9.41. The van der Waals surface area contributed by atoms with Gasteiger partial charge in [0.25, 0.3) is 0 Å². The Bertz CT molecular complexity index is 432. The van der Waals surface area contributed by atoms with Crippen molar-refractivity contribution in [3.8, 4) is 0 Å². The molecular weight excluding hydrogens is 240 g/mol. The molecule has 0 heterocycles. The molecule has 0 aliphatic heterocycles. The van der Waals surface area contributed by atoms with Gasteiger partial charge in [-0.05, 0) is 19.4 Å². The van der Waals surface area contributed by atoms with Gasteiger partial charge in [-0.2, -0.15) is 0 Å². The van der Waals surface area contributed by atoms with Gasteiger partial charge in [-0.25, -0.2) is 0 Å². The third-order valence-corrected chi connectivity index (χ3v) is 3.55. The first-order valence-electron chi connectivity index (χ1n) is 4.70. The van der Waals surface area contributed by atoms with E-state index in [0.29, 0.717) is 9.10 Å². The van der Waals surface area contributed by atoms with Gasteiger partial charge in [0.1, 0.15) is 5.76 Å². The Labute approximate surface area is 104 Å². The van der Waals surface area contributed by atoms with Gasteiger partial charge < -0.3 is 5.11 Å². The molecule has 1 N–H and O–H groups in total. The summed E-state index contributed by atoms with van der Waals surface area (Å²) < 4.78 is 0.583. The van der Waals surface area contributed by atoms with Gasteiger partial charge in [-0.15, -0.1) is 0 Å². The summed E-state index contributed by atoms with van der Waals surface area (Å²) in [5.74, 6) is -0.168. The minimum absolute atomic E-state index is 0.00998. The molecule has 0 amide bonds. The largest absolute Gasteiger partial charge is 0.511 e. The number of aliphatic hydroxyl groups is 1. The number of Topliss-reactive ketones (excluding diaryl/α,β-unsaturated/α-hetero) is 1. The summed E-state index contributed by atoms with van der Waals surface area (Å²) in [5.41, 5.74) is 0.877. The summed E-state index contributed by atoms with van der Waals surface area (Å²) in [4.78, 5) is 11.6. The van der Waals surface area contributed by atoms with Crippen molar-refractivity contribution < 1.29 is 9.90 Å². The molecule has 1 aromatic carbocycles. The average molecular weight is 252 g/mol. The Morgan fingerprint density at radius 2 is 1.81 bits per heavy atom. The quantitative estimate of drug-likeness (QED) is 0.508. The summed E-state index contributed by atoms with van der Waals surface area (Å²) in [5, 5.41) is 9.36. The molecule has 1 rings (SSSR count). The molecule has 0 saturated carbocycles. The fourth-order valence-corrected chi connectivity index (χ4v) is 2.24. The van der Waals surface area contributed by atoms with Crippen molar-refractivity contribution in [2.24, 2.45) is 0 Å². The predicted octanol–water partition coefficient (Wildman–Crippen LogP) is 3.47. The first-order valence-corrected chi connectivity index (χ1v) is 5.93. The minimum atomic E-state index is -0.178. The van der Waals surface area contributed by atoms with Gasteiger partial charge in [0.05, 0.1) is 9.10 Å². The molecule has 0 atom stereocenters. The minimum Gasteiger partial charge on any atom is -0.511 e. The van der Waals surface area contributed by atoms with Crippen LogP contribution in [0.2, 0.25) is 0 Å². The Kier molecular flexibility index (Phi) is 4.71. The molecule has 4 heteroatoms. The summed E-state index contributed by atoms with van der Waals surface area (Å²) in [6.07, 6.45) is 0. The summed E-state index contributed by atoms with van der Waals surface area (Å²) in [7, 11) is 0. The molecular formula is C12H12O2S2. The molecule has 0 radical (unpaired) electrons. The third kappa shape index (κ3) is 3.47. The normalized spacial score (nSPS) is 11.9. The topological polar surface area (TPSA) is 37.3 Å². The number of carbonyl (C=O) groups excluding carboxylic acids is 1. The van der Waals surface area contributed by atoms with Crippen LogP contribution >= 0.6 is 24.0 Å². The predicted molar refractivity (Wildman–Crippen MR) is 71.7 cm³/mol. The van der Waals surface area contributed by atoms with Crippen molar-refractivity contribution in [2.45, 2.75) is 13.8 Å². The average Bonchev–Trinajstić information content (AvgIpc) is 2.25. The van der Waals surface area contributed by atoms with Gasteiger partial charge in [0.15, 0.2) is 5.78 Å². The zero-order valence-corrected chi connectivity index (χ0v) is 10.7. The lowest BCUT2D eigenvalue weighted by atomic mass is 10.2. The van der Waals surface area contributed by atoms with Gasteiger partial charge >= 0.3 is 0 Å². The lowest BCUT2D eigenvalue weighted by molar-refractivity contribution is -0.113. The van der Waals surface area contributed by atoms with Gasteiger partial charge in [-0.1, -0.05) is 54.3 Å². The number of hydrogen-bond donors (Lipinski definition) is 1. The molecule has 0 spiro atoms. The molecule has 84 valence electrons. The number of carbonyl (C=O) groups is 1. The molecule has 0 aliphatic carbocycles. The van der Waals surface area contributed by atoms with Crippen LogP contribution in [-0.4, -0.2) is 15.1 Å². The van der Waals surface area contributed by atoms with E-state index in [0.717, 1.165) is 17.3 Å². The summed E-state index contributed by atoms with van der Waals surface area (Å²) >= 11 is 6.33. The first-order chi connectivity index (χ1) is 7.52. The molecule has 1 aromatic rings.